The van der Waals surface area contributed by atoms with Gasteiger partial charge in [0, 0.05) is 5.56 Å². The van der Waals surface area contributed by atoms with Crippen LogP contribution in [0.15, 0.2) is 24.3 Å². The Morgan fingerprint density at radius 2 is 2.00 bits per heavy atom. The Balaban J connectivity index is 2.50. The Morgan fingerprint density at radius 1 is 1.38 bits per heavy atom. The second-order valence-corrected chi connectivity index (χ2v) is 3.02. The topological polar surface area (TPSA) is 50.1 Å². The van der Waals surface area contributed by atoms with E-state index in [2.05, 4.69) is 4.74 Å². The fraction of sp³-hybridized carbons (Fsp3) is 0.273. The van der Waals surface area contributed by atoms with Crippen LogP contribution in [0, 0.1) is 11.3 Å². The number of ketones is 1. The molecule has 0 unspecified atom stereocenters. The molecule has 0 amide bonds. The van der Waals surface area contributed by atoms with Crippen LogP contribution >= 0.6 is 0 Å². The van der Waals surface area contributed by atoms with Crippen LogP contribution in [-0.4, -0.2) is 25.4 Å². The molecule has 0 atom stereocenters. The zero-order valence-electron chi connectivity index (χ0n) is 8.32. The van der Waals surface area contributed by atoms with E-state index in [1.54, 1.807) is 0 Å². The van der Waals surface area contributed by atoms with Gasteiger partial charge in [0.1, 0.15) is 13.2 Å². The van der Waals surface area contributed by atoms with Crippen molar-refractivity contribution in [2.24, 2.45) is 0 Å². The van der Waals surface area contributed by atoms with Gasteiger partial charge in [0.15, 0.2) is 5.78 Å². The first-order valence-corrected chi connectivity index (χ1v) is 4.52. The van der Waals surface area contributed by atoms with Crippen molar-refractivity contribution in [2.75, 3.05) is 13.2 Å². The van der Waals surface area contributed by atoms with Crippen LogP contribution in [-0.2, 0) is 4.74 Å². The molecule has 0 saturated heterocycles. The van der Waals surface area contributed by atoms with E-state index >= 15 is 0 Å². The maximum atomic E-state index is 11.7. The summed E-state index contributed by atoms with van der Waals surface area (Å²) >= 11 is 0. The summed E-state index contributed by atoms with van der Waals surface area (Å²) in [5.41, 5.74) is 0.776. The van der Waals surface area contributed by atoms with E-state index in [9.17, 15) is 13.6 Å². The number of nitriles is 1. The molecule has 0 aliphatic carbocycles. The summed E-state index contributed by atoms with van der Waals surface area (Å²) in [6.45, 7) is -1.13. The van der Waals surface area contributed by atoms with E-state index in [-0.39, 0.29) is 12.4 Å². The Bertz CT molecular complexity index is 395. The van der Waals surface area contributed by atoms with Gasteiger partial charge in [-0.15, -0.1) is 0 Å². The lowest BCUT2D eigenvalue weighted by atomic mass is 10.1. The normalized spacial score (nSPS) is 10.1. The third-order valence-electron chi connectivity index (χ3n) is 1.81. The average molecular weight is 225 g/mol. The van der Waals surface area contributed by atoms with Crippen molar-refractivity contribution < 1.29 is 18.3 Å². The van der Waals surface area contributed by atoms with Crippen molar-refractivity contribution in [3.05, 3.63) is 35.4 Å². The van der Waals surface area contributed by atoms with Crippen molar-refractivity contribution in [3.8, 4) is 6.07 Å². The van der Waals surface area contributed by atoms with E-state index in [0.717, 1.165) is 0 Å². The number of halogens is 2. The molecule has 0 fully saturated rings. The minimum absolute atomic E-state index is 0.341. The molecule has 84 valence electrons. The second-order valence-electron chi connectivity index (χ2n) is 3.02. The molecule has 5 heteroatoms. The van der Waals surface area contributed by atoms with Gasteiger partial charge in [-0.25, -0.2) is 8.78 Å². The molecule has 0 aliphatic rings. The minimum Gasteiger partial charge on any atom is -0.367 e. The SMILES string of the molecule is N#Cc1ccc(C(=O)COCC(F)F)cc1. The van der Waals surface area contributed by atoms with Crippen molar-refractivity contribution >= 4 is 5.78 Å². The number of rotatable bonds is 5. The summed E-state index contributed by atoms with van der Waals surface area (Å²) in [6.07, 6.45) is -2.58. The summed E-state index contributed by atoms with van der Waals surface area (Å²) in [6, 6.07) is 7.81. The average Bonchev–Trinajstić information content (AvgIpc) is 2.28. The predicted octanol–water partition coefficient (Wildman–Crippen LogP) is 2.02. The molecule has 0 aromatic heterocycles. The molecular formula is C11H9F2NO2. The van der Waals surface area contributed by atoms with Gasteiger partial charge in [0.2, 0.25) is 0 Å². The van der Waals surface area contributed by atoms with Crippen molar-refractivity contribution in [2.45, 2.75) is 6.43 Å². The Labute approximate surface area is 91.3 Å². The van der Waals surface area contributed by atoms with Crippen LogP contribution in [0.1, 0.15) is 15.9 Å². The maximum absolute atomic E-state index is 11.7. The highest BCUT2D eigenvalue weighted by molar-refractivity contribution is 5.97. The van der Waals surface area contributed by atoms with Gasteiger partial charge < -0.3 is 4.74 Å². The number of benzene rings is 1. The summed E-state index contributed by atoms with van der Waals surface area (Å²) in [7, 11) is 0. The van der Waals surface area contributed by atoms with E-state index in [1.165, 1.54) is 24.3 Å². The van der Waals surface area contributed by atoms with Crippen LogP contribution < -0.4 is 0 Å². The minimum atomic E-state index is -2.58. The number of hydrogen-bond acceptors (Lipinski definition) is 3. The van der Waals surface area contributed by atoms with Crippen molar-refractivity contribution in [1.82, 2.24) is 0 Å². The Hall–Kier alpha value is -1.80. The lowest BCUT2D eigenvalue weighted by Crippen LogP contribution is -2.13. The van der Waals surface area contributed by atoms with E-state index in [4.69, 9.17) is 5.26 Å². The number of hydrogen-bond donors (Lipinski definition) is 0. The molecule has 0 saturated carbocycles. The number of nitrogens with zero attached hydrogens (tertiary/aromatic N) is 1. The monoisotopic (exact) mass is 225 g/mol. The highest BCUT2D eigenvalue weighted by Crippen LogP contribution is 2.05. The number of carbonyl (C=O) groups is 1. The van der Waals surface area contributed by atoms with Crippen LogP contribution in [0.5, 0.6) is 0 Å². The van der Waals surface area contributed by atoms with Gasteiger partial charge in [-0.3, -0.25) is 4.79 Å². The molecule has 0 aliphatic heterocycles. The predicted molar refractivity (Wildman–Crippen MR) is 52.3 cm³/mol. The van der Waals surface area contributed by atoms with Crippen LogP contribution in [0.3, 0.4) is 0 Å². The fourth-order valence-electron chi connectivity index (χ4n) is 1.05. The number of alkyl halides is 2. The van der Waals surface area contributed by atoms with Crippen molar-refractivity contribution in [1.29, 1.82) is 5.26 Å². The lowest BCUT2D eigenvalue weighted by molar-refractivity contribution is 0.0196. The molecule has 0 heterocycles. The van der Waals surface area contributed by atoms with Gasteiger partial charge in [-0.2, -0.15) is 5.26 Å². The number of ether oxygens (including phenoxy) is 1. The summed E-state index contributed by atoms with van der Waals surface area (Å²) in [5, 5.41) is 8.53. The number of carbonyl (C=O) groups excluding carboxylic acids is 1. The maximum Gasteiger partial charge on any atom is 0.261 e. The Morgan fingerprint density at radius 3 is 2.50 bits per heavy atom. The van der Waals surface area contributed by atoms with Gasteiger partial charge in [-0.05, 0) is 12.1 Å². The Kier molecular flexibility index (Phi) is 4.55. The van der Waals surface area contributed by atoms with Gasteiger partial charge in [0.05, 0.1) is 11.6 Å². The molecular weight excluding hydrogens is 216 g/mol. The van der Waals surface area contributed by atoms with Crippen LogP contribution in [0.25, 0.3) is 0 Å². The third-order valence-corrected chi connectivity index (χ3v) is 1.81. The molecule has 1 aromatic rings. The summed E-state index contributed by atoms with van der Waals surface area (Å²) in [4.78, 5) is 11.4. The van der Waals surface area contributed by atoms with Gasteiger partial charge in [0.25, 0.3) is 6.43 Å². The van der Waals surface area contributed by atoms with Crippen molar-refractivity contribution in [3.63, 3.8) is 0 Å². The standard InChI is InChI=1S/C11H9F2NO2/c12-11(13)7-16-6-10(15)9-3-1-8(5-14)2-4-9/h1-4,11H,6-7H2. The van der Waals surface area contributed by atoms with Crippen LogP contribution in [0.4, 0.5) is 8.78 Å². The van der Waals surface area contributed by atoms with Gasteiger partial charge >= 0.3 is 0 Å². The smallest absolute Gasteiger partial charge is 0.261 e. The fourth-order valence-corrected chi connectivity index (χ4v) is 1.05. The summed E-state index contributed by atoms with van der Waals surface area (Å²) < 4.78 is 27.9. The van der Waals surface area contributed by atoms with E-state index < -0.39 is 13.0 Å². The highest BCUT2D eigenvalue weighted by atomic mass is 19.3. The molecule has 0 radical (unpaired) electrons. The molecule has 1 rings (SSSR count). The molecule has 1 aromatic carbocycles. The van der Waals surface area contributed by atoms with E-state index in [1.807, 2.05) is 6.07 Å². The lowest BCUT2D eigenvalue weighted by Gasteiger charge is -2.02. The first-order valence-electron chi connectivity index (χ1n) is 4.52. The highest BCUT2D eigenvalue weighted by Gasteiger charge is 2.08. The van der Waals surface area contributed by atoms with Gasteiger partial charge in [-0.1, -0.05) is 12.1 Å². The number of Topliss-reactive ketones (excluding diaryl/α,β-unsaturated/α-hetero) is 1. The largest absolute Gasteiger partial charge is 0.367 e. The molecule has 0 spiro atoms. The van der Waals surface area contributed by atoms with Crippen LogP contribution in [0.2, 0.25) is 0 Å². The first kappa shape index (κ1) is 12.3. The molecule has 3 nitrogen and oxygen atoms in total. The zero-order valence-corrected chi connectivity index (χ0v) is 8.32. The van der Waals surface area contributed by atoms with E-state index in [0.29, 0.717) is 11.1 Å². The first-order chi connectivity index (χ1) is 7.63. The zero-order chi connectivity index (χ0) is 12.0. The molecule has 16 heavy (non-hydrogen) atoms. The quantitative estimate of drug-likeness (QED) is 0.720. The molecule has 0 bridgehead atoms. The second kappa shape index (κ2) is 5.93. The molecule has 0 N–H and O–H groups in total. The summed E-state index contributed by atoms with van der Waals surface area (Å²) in [5.74, 6) is -0.384. The third kappa shape index (κ3) is 3.75.